The number of anilines is 1. The van der Waals surface area contributed by atoms with Gasteiger partial charge in [0.05, 0.1) is 22.8 Å². The normalized spacial score (nSPS) is 16.2. The number of halogens is 3. The van der Waals surface area contributed by atoms with Crippen molar-refractivity contribution in [2.45, 2.75) is 20.0 Å². The van der Waals surface area contributed by atoms with E-state index in [0.29, 0.717) is 28.7 Å². The highest BCUT2D eigenvalue weighted by Crippen LogP contribution is 2.39. The SMILES string of the molecule is CC(C)COc1ccccc1/C=C1\SC(=S)N(c2cccc(C(F)(F)F)c2)C1=O. The van der Waals surface area contributed by atoms with E-state index in [0.717, 1.165) is 28.8 Å². The molecule has 1 fully saturated rings. The Hall–Kier alpha value is -2.32. The molecular weight excluding hydrogens is 419 g/mol. The predicted octanol–water partition coefficient (Wildman–Crippen LogP) is 6.15. The molecule has 0 spiro atoms. The fourth-order valence-electron chi connectivity index (χ4n) is 2.64. The summed E-state index contributed by atoms with van der Waals surface area (Å²) in [6.07, 6.45) is -2.85. The molecule has 1 amide bonds. The molecule has 0 aromatic heterocycles. The first-order valence-corrected chi connectivity index (χ1v) is 10.1. The number of benzene rings is 2. The highest BCUT2D eigenvalue weighted by Gasteiger charge is 2.36. The molecule has 1 aliphatic heterocycles. The smallest absolute Gasteiger partial charge is 0.416 e. The van der Waals surface area contributed by atoms with Gasteiger partial charge in [-0.3, -0.25) is 9.69 Å². The van der Waals surface area contributed by atoms with Crippen LogP contribution in [0.2, 0.25) is 0 Å². The number of alkyl halides is 3. The first kappa shape index (κ1) is 21.4. The van der Waals surface area contributed by atoms with E-state index in [9.17, 15) is 18.0 Å². The topological polar surface area (TPSA) is 29.5 Å². The third-order valence-corrected chi connectivity index (χ3v) is 5.31. The summed E-state index contributed by atoms with van der Waals surface area (Å²) in [7, 11) is 0. The van der Waals surface area contributed by atoms with Gasteiger partial charge in [0.15, 0.2) is 4.32 Å². The van der Waals surface area contributed by atoms with Gasteiger partial charge < -0.3 is 4.74 Å². The number of amides is 1. The van der Waals surface area contributed by atoms with E-state index >= 15 is 0 Å². The van der Waals surface area contributed by atoms with Crippen LogP contribution in [-0.4, -0.2) is 16.8 Å². The van der Waals surface area contributed by atoms with Crippen LogP contribution in [0.15, 0.2) is 53.4 Å². The minimum absolute atomic E-state index is 0.0927. The van der Waals surface area contributed by atoms with Crippen molar-refractivity contribution < 1.29 is 22.7 Å². The molecule has 0 N–H and O–H groups in total. The van der Waals surface area contributed by atoms with E-state index in [-0.39, 0.29) is 10.0 Å². The maximum Gasteiger partial charge on any atom is 0.416 e. The summed E-state index contributed by atoms with van der Waals surface area (Å²) in [4.78, 5) is 14.3. The Bertz CT molecular complexity index is 970. The quantitative estimate of drug-likeness (QED) is 0.415. The van der Waals surface area contributed by atoms with Crippen LogP contribution in [-0.2, 0) is 11.0 Å². The number of rotatable bonds is 5. The average molecular weight is 438 g/mol. The molecule has 1 heterocycles. The molecule has 0 aliphatic carbocycles. The number of para-hydroxylation sites is 1. The Morgan fingerprint density at radius 3 is 2.59 bits per heavy atom. The van der Waals surface area contributed by atoms with Gasteiger partial charge in [0.2, 0.25) is 0 Å². The van der Waals surface area contributed by atoms with E-state index in [2.05, 4.69) is 0 Å². The summed E-state index contributed by atoms with van der Waals surface area (Å²) in [6.45, 7) is 4.58. The second kappa shape index (κ2) is 8.59. The Kier molecular flexibility index (Phi) is 6.33. The highest BCUT2D eigenvalue weighted by molar-refractivity contribution is 8.27. The Morgan fingerprint density at radius 1 is 1.17 bits per heavy atom. The molecule has 3 rings (SSSR count). The molecule has 8 heteroatoms. The number of carbonyl (C=O) groups excluding carboxylic acids is 1. The van der Waals surface area contributed by atoms with Crippen LogP contribution in [0.5, 0.6) is 5.75 Å². The number of hydrogen-bond acceptors (Lipinski definition) is 4. The number of hydrogen-bond donors (Lipinski definition) is 0. The maximum atomic E-state index is 13.0. The van der Waals surface area contributed by atoms with Gasteiger partial charge in [-0.25, -0.2) is 0 Å². The first-order chi connectivity index (χ1) is 13.7. The van der Waals surface area contributed by atoms with Crippen molar-refractivity contribution in [2.75, 3.05) is 11.5 Å². The summed E-state index contributed by atoms with van der Waals surface area (Å²) >= 11 is 6.31. The summed E-state index contributed by atoms with van der Waals surface area (Å²) in [5.74, 6) is 0.505. The van der Waals surface area contributed by atoms with Crippen molar-refractivity contribution >= 4 is 46.0 Å². The zero-order valence-corrected chi connectivity index (χ0v) is 17.3. The molecule has 0 saturated carbocycles. The van der Waals surface area contributed by atoms with Crippen molar-refractivity contribution in [1.29, 1.82) is 0 Å². The molecule has 2 aromatic carbocycles. The van der Waals surface area contributed by atoms with Crippen LogP contribution in [0.3, 0.4) is 0 Å². The van der Waals surface area contributed by atoms with Gasteiger partial charge in [0.1, 0.15) is 5.75 Å². The molecule has 3 nitrogen and oxygen atoms in total. The van der Waals surface area contributed by atoms with Crippen molar-refractivity contribution in [1.82, 2.24) is 0 Å². The lowest BCUT2D eigenvalue weighted by Crippen LogP contribution is -2.27. The lowest BCUT2D eigenvalue weighted by Gasteiger charge is -2.16. The Labute approximate surface area is 176 Å². The van der Waals surface area contributed by atoms with Gasteiger partial charge in [-0.05, 0) is 36.3 Å². The summed E-state index contributed by atoms with van der Waals surface area (Å²) < 4.78 is 45.0. The van der Waals surface area contributed by atoms with Crippen molar-refractivity contribution in [2.24, 2.45) is 5.92 Å². The van der Waals surface area contributed by atoms with Gasteiger partial charge in [0, 0.05) is 5.56 Å². The van der Waals surface area contributed by atoms with Gasteiger partial charge in [0.25, 0.3) is 5.91 Å². The summed E-state index contributed by atoms with van der Waals surface area (Å²) in [5, 5.41) is 0. The first-order valence-electron chi connectivity index (χ1n) is 8.84. The second-order valence-electron chi connectivity index (χ2n) is 6.81. The van der Waals surface area contributed by atoms with E-state index in [1.165, 1.54) is 12.1 Å². The number of thioether (sulfide) groups is 1. The molecule has 0 bridgehead atoms. The molecule has 0 unspecified atom stereocenters. The molecule has 0 atom stereocenters. The van der Waals surface area contributed by atoms with Crippen molar-refractivity contribution in [3.63, 3.8) is 0 Å². The fraction of sp³-hybridized carbons (Fsp3) is 0.238. The molecule has 0 radical (unpaired) electrons. The third kappa shape index (κ3) is 5.00. The zero-order chi connectivity index (χ0) is 21.2. The second-order valence-corrected chi connectivity index (χ2v) is 8.48. The molecule has 29 heavy (non-hydrogen) atoms. The molecule has 1 aliphatic rings. The minimum Gasteiger partial charge on any atom is -0.493 e. The van der Waals surface area contributed by atoms with Crippen LogP contribution in [0.1, 0.15) is 25.0 Å². The zero-order valence-electron chi connectivity index (χ0n) is 15.7. The summed E-state index contributed by atoms with van der Waals surface area (Å²) in [5.41, 5.74) is -0.0341. The predicted molar refractivity (Wildman–Crippen MR) is 114 cm³/mol. The highest BCUT2D eigenvalue weighted by atomic mass is 32.2. The number of nitrogens with zero attached hydrogens (tertiary/aromatic N) is 1. The van der Waals surface area contributed by atoms with Crippen LogP contribution in [0.25, 0.3) is 6.08 Å². The van der Waals surface area contributed by atoms with Crippen LogP contribution < -0.4 is 9.64 Å². The van der Waals surface area contributed by atoms with E-state index in [4.69, 9.17) is 17.0 Å². The van der Waals surface area contributed by atoms with Crippen LogP contribution in [0.4, 0.5) is 18.9 Å². The van der Waals surface area contributed by atoms with Gasteiger partial charge >= 0.3 is 6.18 Å². The fourth-order valence-corrected chi connectivity index (χ4v) is 3.93. The maximum absolute atomic E-state index is 13.0. The number of ether oxygens (including phenoxy) is 1. The van der Waals surface area contributed by atoms with E-state index < -0.39 is 17.6 Å². The number of thiocarbonyl (C=S) groups is 1. The van der Waals surface area contributed by atoms with Crippen LogP contribution in [0, 0.1) is 5.92 Å². The minimum atomic E-state index is -4.50. The van der Waals surface area contributed by atoms with Crippen LogP contribution >= 0.6 is 24.0 Å². The summed E-state index contributed by atoms with van der Waals surface area (Å²) in [6, 6.07) is 11.8. The Balaban J connectivity index is 1.90. The standard InChI is InChI=1S/C21H18F3NO2S2/c1-13(2)12-27-17-9-4-3-6-14(17)10-18-19(26)25(20(28)29-18)16-8-5-7-15(11-16)21(22,23)24/h3-11,13H,12H2,1-2H3/b18-10-. The van der Waals surface area contributed by atoms with Crippen molar-refractivity contribution in [3.8, 4) is 5.75 Å². The van der Waals surface area contributed by atoms with E-state index in [1.807, 2.05) is 38.1 Å². The van der Waals surface area contributed by atoms with Gasteiger partial charge in [-0.15, -0.1) is 0 Å². The average Bonchev–Trinajstić information content (AvgIpc) is 2.93. The van der Waals surface area contributed by atoms with Crippen molar-refractivity contribution in [3.05, 3.63) is 64.6 Å². The van der Waals surface area contributed by atoms with E-state index in [1.54, 1.807) is 6.08 Å². The van der Waals surface area contributed by atoms with Gasteiger partial charge in [-0.2, -0.15) is 13.2 Å². The molecule has 1 saturated heterocycles. The molecule has 152 valence electrons. The number of carbonyl (C=O) groups is 1. The third-order valence-electron chi connectivity index (χ3n) is 4.00. The Morgan fingerprint density at radius 2 is 1.90 bits per heavy atom. The van der Waals surface area contributed by atoms with Gasteiger partial charge in [-0.1, -0.05) is 62.1 Å². The monoisotopic (exact) mass is 437 g/mol. The largest absolute Gasteiger partial charge is 0.493 e. The lowest BCUT2D eigenvalue weighted by molar-refractivity contribution is -0.137. The lowest BCUT2D eigenvalue weighted by atomic mass is 10.1. The molecule has 2 aromatic rings. The molecular formula is C21H18F3NO2S2.